The Hall–Kier alpha value is -0.910. The summed E-state index contributed by atoms with van der Waals surface area (Å²) in [6.07, 6.45) is 8.38. The number of fused-ring (bicyclic) bond motifs is 1. The largest absolute Gasteiger partial charge is 0.390 e. The van der Waals surface area contributed by atoms with Crippen LogP contribution >= 0.6 is 11.3 Å². The molecule has 1 aliphatic carbocycles. The lowest BCUT2D eigenvalue weighted by molar-refractivity contribution is -0.147. The highest BCUT2D eigenvalue weighted by molar-refractivity contribution is 7.15. The van der Waals surface area contributed by atoms with Crippen LogP contribution in [0.25, 0.3) is 4.96 Å². The highest BCUT2D eigenvalue weighted by Gasteiger charge is 2.42. The first-order chi connectivity index (χ1) is 10.1. The van der Waals surface area contributed by atoms with Gasteiger partial charge in [-0.3, -0.25) is 4.40 Å². The smallest absolute Gasteiger partial charge is 0.193 e. The molecule has 2 aromatic rings. The highest BCUT2D eigenvalue weighted by Crippen LogP contribution is 2.38. The minimum atomic E-state index is -0.482. The lowest BCUT2D eigenvalue weighted by Crippen LogP contribution is -2.49. The van der Waals surface area contributed by atoms with Gasteiger partial charge in [-0.15, -0.1) is 11.3 Å². The molecule has 0 aromatic carbocycles. The van der Waals surface area contributed by atoms with E-state index in [0.717, 1.165) is 29.9 Å². The standard InChI is InChI=1S/C16H24N2O2S/c1-3-20-16(6-4-5-12(2)10-16)14(19)9-13-11-18-7-8-21-15(18)17-13/h7-8,11-12,14,19H,3-6,9-10H2,1-2H3. The number of hydrogen-bond acceptors (Lipinski definition) is 4. The molecule has 1 fully saturated rings. The first kappa shape index (κ1) is 15.0. The third-order valence-corrected chi connectivity index (χ3v) is 5.35. The number of imidazole rings is 1. The molecule has 3 unspecified atom stereocenters. The van der Waals surface area contributed by atoms with Crippen molar-refractivity contribution < 1.29 is 9.84 Å². The van der Waals surface area contributed by atoms with Gasteiger partial charge in [0.05, 0.1) is 17.4 Å². The maximum atomic E-state index is 10.8. The molecular formula is C16H24N2O2S. The molecule has 3 rings (SSSR count). The van der Waals surface area contributed by atoms with Crippen molar-refractivity contribution in [3.8, 4) is 0 Å². The number of nitrogens with zero attached hydrogens (tertiary/aromatic N) is 2. The van der Waals surface area contributed by atoms with Gasteiger partial charge in [-0.05, 0) is 25.7 Å². The molecule has 0 aliphatic heterocycles. The summed E-state index contributed by atoms with van der Waals surface area (Å²) in [6, 6.07) is 0. The second-order valence-electron chi connectivity index (χ2n) is 6.24. The number of aliphatic hydroxyl groups is 1. The number of aromatic nitrogens is 2. The third-order valence-electron chi connectivity index (χ3n) is 4.58. The number of hydrogen-bond donors (Lipinski definition) is 1. The molecule has 2 aromatic heterocycles. The van der Waals surface area contributed by atoms with Crippen LogP contribution in [0, 0.1) is 5.92 Å². The fourth-order valence-electron chi connectivity index (χ4n) is 3.62. The van der Waals surface area contributed by atoms with E-state index in [0.29, 0.717) is 18.9 Å². The minimum Gasteiger partial charge on any atom is -0.390 e. The molecule has 1 saturated carbocycles. The van der Waals surface area contributed by atoms with E-state index in [2.05, 4.69) is 11.9 Å². The van der Waals surface area contributed by atoms with Crippen molar-refractivity contribution in [1.29, 1.82) is 0 Å². The molecule has 4 nitrogen and oxygen atoms in total. The van der Waals surface area contributed by atoms with Gasteiger partial charge < -0.3 is 9.84 Å². The Kier molecular flexibility index (Phi) is 4.33. The first-order valence-corrected chi connectivity index (χ1v) is 8.74. The van der Waals surface area contributed by atoms with Crippen molar-refractivity contribution in [3.63, 3.8) is 0 Å². The van der Waals surface area contributed by atoms with Gasteiger partial charge in [0, 0.05) is 30.8 Å². The Labute approximate surface area is 129 Å². The molecule has 2 heterocycles. The average molecular weight is 308 g/mol. The van der Waals surface area contributed by atoms with Gasteiger partial charge in [-0.2, -0.15) is 0 Å². The molecule has 0 bridgehead atoms. The summed E-state index contributed by atoms with van der Waals surface area (Å²) in [5, 5.41) is 12.8. The van der Waals surface area contributed by atoms with Gasteiger partial charge in [0.15, 0.2) is 4.96 Å². The van der Waals surface area contributed by atoms with Crippen molar-refractivity contribution >= 4 is 16.3 Å². The maximum Gasteiger partial charge on any atom is 0.193 e. The molecule has 0 saturated heterocycles. The highest BCUT2D eigenvalue weighted by atomic mass is 32.1. The fourth-order valence-corrected chi connectivity index (χ4v) is 4.34. The fraction of sp³-hybridized carbons (Fsp3) is 0.688. The molecule has 3 atom stereocenters. The molecule has 1 aliphatic rings. The Morgan fingerprint density at radius 3 is 3.19 bits per heavy atom. The lowest BCUT2D eigenvalue weighted by Gasteiger charge is -2.43. The normalized spacial score (nSPS) is 28.0. The van der Waals surface area contributed by atoms with Crippen molar-refractivity contribution in [2.75, 3.05) is 6.61 Å². The molecule has 116 valence electrons. The van der Waals surface area contributed by atoms with Crippen molar-refractivity contribution in [2.24, 2.45) is 5.92 Å². The summed E-state index contributed by atoms with van der Waals surface area (Å²) in [6.45, 7) is 4.93. The predicted molar refractivity (Wildman–Crippen MR) is 84.8 cm³/mol. The summed E-state index contributed by atoms with van der Waals surface area (Å²) in [5.74, 6) is 0.616. The molecule has 1 N–H and O–H groups in total. The monoisotopic (exact) mass is 308 g/mol. The second kappa shape index (κ2) is 6.07. The molecule has 0 spiro atoms. The van der Waals surface area contributed by atoms with Crippen LogP contribution in [0.2, 0.25) is 0 Å². The number of thiazole rings is 1. The summed E-state index contributed by atoms with van der Waals surface area (Å²) < 4.78 is 8.07. The van der Waals surface area contributed by atoms with Crippen molar-refractivity contribution in [3.05, 3.63) is 23.5 Å². The van der Waals surface area contributed by atoms with E-state index in [9.17, 15) is 5.11 Å². The van der Waals surface area contributed by atoms with E-state index >= 15 is 0 Å². The van der Waals surface area contributed by atoms with E-state index < -0.39 is 6.10 Å². The zero-order valence-electron chi connectivity index (χ0n) is 12.8. The number of rotatable bonds is 5. The van der Waals surface area contributed by atoms with Crippen LogP contribution in [-0.2, 0) is 11.2 Å². The minimum absolute atomic E-state index is 0.385. The van der Waals surface area contributed by atoms with Crippen LogP contribution in [-0.4, -0.2) is 32.8 Å². The van der Waals surface area contributed by atoms with Crippen LogP contribution in [0.4, 0.5) is 0 Å². The quantitative estimate of drug-likeness (QED) is 0.922. The predicted octanol–water partition coefficient (Wildman–Crippen LogP) is 3.28. The molecule has 5 heteroatoms. The van der Waals surface area contributed by atoms with Crippen molar-refractivity contribution in [2.45, 2.75) is 57.7 Å². The van der Waals surface area contributed by atoms with Gasteiger partial charge >= 0.3 is 0 Å². The van der Waals surface area contributed by atoms with E-state index in [-0.39, 0.29) is 5.60 Å². The van der Waals surface area contributed by atoms with Crippen molar-refractivity contribution in [1.82, 2.24) is 9.38 Å². The van der Waals surface area contributed by atoms with Gasteiger partial charge in [-0.1, -0.05) is 19.8 Å². The van der Waals surface area contributed by atoms with Crippen LogP contribution in [0.1, 0.15) is 45.2 Å². The van der Waals surface area contributed by atoms with E-state index in [4.69, 9.17) is 4.74 Å². The molecule has 0 radical (unpaired) electrons. The molecule has 0 amide bonds. The number of ether oxygens (including phenoxy) is 1. The molecular weight excluding hydrogens is 284 g/mol. The van der Waals surface area contributed by atoms with Gasteiger partial charge in [-0.25, -0.2) is 4.98 Å². The SMILES string of the molecule is CCOC1(C(O)Cc2cn3ccsc3n2)CCCC(C)C1. The van der Waals surface area contributed by atoms with Gasteiger partial charge in [0.25, 0.3) is 0 Å². The summed E-state index contributed by atoms with van der Waals surface area (Å²) >= 11 is 1.62. The lowest BCUT2D eigenvalue weighted by atomic mass is 9.74. The number of aliphatic hydroxyl groups excluding tert-OH is 1. The van der Waals surface area contributed by atoms with E-state index in [1.54, 1.807) is 11.3 Å². The zero-order chi connectivity index (χ0) is 14.9. The summed E-state index contributed by atoms with van der Waals surface area (Å²) in [7, 11) is 0. The Morgan fingerprint density at radius 1 is 1.62 bits per heavy atom. The third kappa shape index (κ3) is 3.00. The topological polar surface area (TPSA) is 46.8 Å². The van der Waals surface area contributed by atoms with E-state index in [1.165, 1.54) is 6.42 Å². The summed E-state index contributed by atoms with van der Waals surface area (Å²) in [4.78, 5) is 5.57. The van der Waals surface area contributed by atoms with Crippen LogP contribution in [0.5, 0.6) is 0 Å². The van der Waals surface area contributed by atoms with Crippen LogP contribution in [0.3, 0.4) is 0 Å². The Morgan fingerprint density at radius 2 is 2.48 bits per heavy atom. The van der Waals surface area contributed by atoms with Crippen LogP contribution < -0.4 is 0 Å². The van der Waals surface area contributed by atoms with Crippen LogP contribution in [0.15, 0.2) is 17.8 Å². The molecule has 21 heavy (non-hydrogen) atoms. The van der Waals surface area contributed by atoms with Gasteiger partial charge in [0.2, 0.25) is 0 Å². The van der Waals surface area contributed by atoms with Gasteiger partial charge in [0.1, 0.15) is 0 Å². The Bertz CT molecular complexity index is 561. The average Bonchev–Trinajstić information content (AvgIpc) is 2.99. The first-order valence-electron chi connectivity index (χ1n) is 7.86. The second-order valence-corrected chi connectivity index (χ2v) is 7.12. The maximum absolute atomic E-state index is 10.8. The van der Waals surface area contributed by atoms with E-state index in [1.807, 2.05) is 29.1 Å². The summed E-state index contributed by atoms with van der Waals surface area (Å²) in [5.41, 5.74) is 0.565. The Balaban J connectivity index is 1.77. The zero-order valence-corrected chi connectivity index (χ0v) is 13.6.